The first-order valence-corrected chi connectivity index (χ1v) is 6.03. The molecule has 0 aliphatic heterocycles. The van der Waals surface area contributed by atoms with Gasteiger partial charge < -0.3 is 9.88 Å². The van der Waals surface area contributed by atoms with E-state index in [1.54, 1.807) is 6.07 Å². The quantitative estimate of drug-likeness (QED) is 0.628. The predicted molar refractivity (Wildman–Crippen MR) is 73.8 cm³/mol. The molecule has 2 heterocycles. The molecule has 6 nitrogen and oxygen atoms in total. The number of hydrogen-bond donors (Lipinski definition) is 2. The molecule has 0 unspecified atom stereocenters. The van der Waals surface area contributed by atoms with Crippen LogP contribution in [0.3, 0.4) is 0 Å². The average Bonchev–Trinajstić information content (AvgIpc) is 2.88. The molecular formula is C13H16N6. The maximum atomic E-state index is 8.63. The first kappa shape index (κ1) is 12.9. The van der Waals surface area contributed by atoms with Gasteiger partial charge in [-0.05, 0) is 19.1 Å². The molecule has 0 atom stereocenters. The van der Waals surface area contributed by atoms with E-state index in [2.05, 4.69) is 26.3 Å². The molecule has 2 aromatic rings. The van der Waals surface area contributed by atoms with Crippen LogP contribution in [0.15, 0.2) is 24.4 Å². The predicted octanol–water partition coefficient (Wildman–Crippen LogP) is 1.68. The number of nitrogens with zero attached hydrogens (tertiary/aromatic N) is 4. The van der Waals surface area contributed by atoms with Crippen molar-refractivity contribution in [1.29, 1.82) is 5.26 Å². The smallest absolute Gasteiger partial charge is 0.182 e. The molecule has 2 rings (SSSR count). The number of nitrogens with one attached hydrogen (secondary N) is 2. The summed E-state index contributed by atoms with van der Waals surface area (Å²) in [5.41, 5.74) is 1.19. The summed E-state index contributed by atoms with van der Waals surface area (Å²) in [5.74, 6) is 1.97. The molecule has 0 saturated heterocycles. The van der Waals surface area contributed by atoms with Crippen LogP contribution in [0.4, 0.5) is 11.6 Å². The first-order chi connectivity index (χ1) is 9.19. The highest BCUT2D eigenvalue weighted by molar-refractivity contribution is 5.50. The van der Waals surface area contributed by atoms with Gasteiger partial charge in [-0.2, -0.15) is 5.26 Å². The number of anilines is 2. The molecule has 0 radical (unpaired) electrons. The van der Waals surface area contributed by atoms with Gasteiger partial charge in [0.1, 0.15) is 17.5 Å². The zero-order valence-electron chi connectivity index (χ0n) is 11.0. The Morgan fingerprint density at radius 2 is 2.32 bits per heavy atom. The maximum Gasteiger partial charge on any atom is 0.182 e. The number of aryl methyl sites for hydroxylation is 1. The standard InChI is InChI=1S/C13H16N6/c1-10-17-12(16-9-14)8-13(18-10)19(2)7-5-11-4-3-6-15-11/h3-4,6,8,15H,5,7H2,1-2H3,(H,16,17,18). The lowest BCUT2D eigenvalue weighted by atomic mass is 10.3. The molecule has 0 spiro atoms. The van der Waals surface area contributed by atoms with Gasteiger partial charge in [-0.25, -0.2) is 9.97 Å². The lowest BCUT2D eigenvalue weighted by molar-refractivity contribution is 0.836. The molecule has 19 heavy (non-hydrogen) atoms. The zero-order chi connectivity index (χ0) is 13.7. The molecule has 98 valence electrons. The monoisotopic (exact) mass is 256 g/mol. The Balaban J connectivity index is 2.05. The number of hydrogen-bond acceptors (Lipinski definition) is 5. The summed E-state index contributed by atoms with van der Waals surface area (Å²) < 4.78 is 0. The molecule has 0 aliphatic rings. The van der Waals surface area contributed by atoms with Crippen molar-refractivity contribution in [3.63, 3.8) is 0 Å². The maximum absolute atomic E-state index is 8.63. The average molecular weight is 256 g/mol. The van der Waals surface area contributed by atoms with Gasteiger partial charge in [-0.3, -0.25) is 5.32 Å². The zero-order valence-corrected chi connectivity index (χ0v) is 11.0. The lowest BCUT2D eigenvalue weighted by Crippen LogP contribution is -2.22. The fraction of sp³-hybridized carbons (Fsp3) is 0.308. The van der Waals surface area contributed by atoms with Gasteiger partial charge in [-0.15, -0.1) is 0 Å². The third-order valence-electron chi connectivity index (χ3n) is 2.78. The van der Waals surface area contributed by atoms with E-state index in [4.69, 9.17) is 5.26 Å². The van der Waals surface area contributed by atoms with E-state index in [1.165, 1.54) is 5.69 Å². The summed E-state index contributed by atoms with van der Waals surface area (Å²) in [4.78, 5) is 13.7. The van der Waals surface area contributed by atoms with E-state index >= 15 is 0 Å². The van der Waals surface area contributed by atoms with Crippen molar-refractivity contribution < 1.29 is 0 Å². The lowest BCUT2D eigenvalue weighted by Gasteiger charge is -2.18. The Morgan fingerprint density at radius 3 is 3.00 bits per heavy atom. The molecule has 0 amide bonds. The van der Waals surface area contributed by atoms with E-state index < -0.39 is 0 Å². The second kappa shape index (κ2) is 5.87. The van der Waals surface area contributed by atoms with E-state index in [1.807, 2.05) is 37.3 Å². The topological polar surface area (TPSA) is 80.6 Å². The van der Waals surface area contributed by atoms with Crippen molar-refractivity contribution in [3.05, 3.63) is 35.9 Å². The Hall–Kier alpha value is -2.55. The van der Waals surface area contributed by atoms with Gasteiger partial charge in [0, 0.05) is 38.0 Å². The Labute approximate surface area is 112 Å². The van der Waals surface area contributed by atoms with Gasteiger partial charge in [-0.1, -0.05) is 0 Å². The van der Waals surface area contributed by atoms with Crippen molar-refractivity contribution in [2.24, 2.45) is 0 Å². The SMILES string of the molecule is Cc1nc(NC#N)cc(N(C)CCc2ccc[nH]2)n1. The molecule has 0 fully saturated rings. The number of aromatic nitrogens is 3. The molecule has 0 aliphatic carbocycles. The van der Waals surface area contributed by atoms with Crippen LogP contribution in [0.25, 0.3) is 0 Å². The van der Waals surface area contributed by atoms with E-state index in [0.717, 1.165) is 18.8 Å². The minimum Gasteiger partial charge on any atom is -0.365 e. The number of H-pyrrole nitrogens is 1. The van der Waals surface area contributed by atoms with Crippen LogP contribution >= 0.6 is 0 Å². The fourth-order valence-corrected chi connectivity index (χ4v) is 1.79. The second-order valence-electron chi connectivity index (χ2n) is 4.26. The van der Waals surface area contributed by atoms with E-state index in [9.17, 15) is 0 Å². The summed E-state index contributed by atoms with van der Waals surface area (Å²) in [7, 11) is 1.97. The normalized spacial score (nSPS) is 9.95. The van der Waals surface area contributed by atoms with E-state index in [0.29, 0.717) is 11.6 Å². The van der Waals surface area contributed by atoms with E-state index in [-0.39, 0.29) is 0 Å². The van der Waals surface area contributed by atoms with Crippen molar-refractivity contribution in [3.8, 4) is 6.19 Å². The van der Waals surface area contributed by atoms with Gasteiger partial charge in [0.15, 0.2) is 6.19 Å². The van der Waals surface area contributed by atoms with Gasteiger partial charge in [0.05, 0.1) is 0 Å². The van der Waals surface area contributed by atoms with Crippen molar-refractivity contribution in [2.75, 3.05) is 23.8 Å². The summed E-state index contributed by atoms with van der Waals surface area (Å²) in [6.45, 7) is 2.65. The van der Waals surface area contributed by atoms with Gasteiger partial charge in [0.25, 0.3) is 0 Å². The number of likely N-dealkylation sites (N-methyl/N-ethyl adjacent to an activating group) is 1. The molecule has 2 N–H and O–H groups in total. The Bertz CT molecular complexity index is 569. The summed E-state index contributed by atoms with van der Waals surface area (Å²) in [6.07, 6.45) is 4.69. The summed E-state index contributed by atoms with van der Waals surface area (Å²) in [6, 6.07) is 5.81. The number of nitriles is 1. The molecule has 0 aromatic carbocycles. The molecule has 6 heteroatoms. The Morgan fingerprint density at radius 1 is 1.47 bits per heavy atom. The van der Waals surface area contributed by atoms with Crippen LogP contribution in [0.5, 0.6) is 0 Å². The largest absolute Gasteiger partial charge is 0.365 e. The van der Waals surface area contributed by atoms with Crippen LogP contribution in [0, 0.1) is 18.4 Å². The van der Waals surface area contributed by atoms with Crippen LogP contribution in [0.2, 0.25) is 0 Å². The minimum atomic E-state index is 0.525. The molecule has 0 bridgehead atoms. The number of aromatic amines is 1. The van der Waals surface area contributed by atoms with Crippen LogP contribution in [0.1, 0.15) is 11.5 Å². The highest BCUT2D eigenvalue weighted by Gasteiger charge is 2.07. The van der Waals surface area contributed by atoms with Crippen LogP contribution < -0.4 is 10.2 Å². The summed E-state index contributed by atoms with van der Waals surface area (Å²) >= 11 is 0. The highest BCUT2D eigenvalue weighted by atomic mass is 15.2. The van der Waals surface area contributed by atoms with Crippen molar-refractivity contribution >= 4 is 11.6 Å². The molecule has 0 saturated carbocycles. The summed E-state index contributed by atoms with van der Waals surface area (Å²) in [5, 5.41) is 11.2. The van der Waals surface area contributed by atoms with Gasteiger partial charge in [0.2, 0.25) is 0 Å². The Kier molecular flexibility index (Phi) is 3.98. The third-order valence-corrected chi connectivity index (χ3v) is 2.78. The first-order valence-electron chi connectivity index (χ1n) is 6.03. The minimum absolute atomic E-state index is 0.525. The second-order valence-corrected chi connectivity index (χ2v) is 4.26. The fourth-order valence-electron chi connectivity index (χ4n) is 1.79. The third kappa shape index (κ3) is 3.45. The molecule has 2 aromatic heterocycles. The van der Waals surface area contributed by atoms with Crippen molar-refractivity contribution in [2.45, 2.75) is 13.3 Å². The number of rotatable bonds is 5. The molecular weight excluding hydrogens is 240 g/mol. The highest BCUT2D eigenvalue weighted by Crippen LogP contribution is 2.14. The van der Waals surface area contributed by atoms with Crippen molar-refractivity contribution in [1.82, 2.24) is 15.0 Å². The van der Waals surface area contributed by atoms with Crippen LogP contribution in [-0.2, 0) is 6.42 Å². The van der Waals surface area contributed by atoms with Crippen LogP contribution in [-0.4, -0.2) is 28.5 Å². The van der Waals surface area contributed by atoms with Gasteiger partial charge >= 0.3 is 0 Å².